The van der Waals surface area contributed by atoms with Crippen molar-refractivity contribution in [2.45, 2.75) is 0 Å². The summed E-state index contributed by atoms with van der Waals surface area (Å²) in [6.07, 6.45) is 7.15. The molecule has 0 aliphatic rings. The summed E-state index contributed by atoms with van der Waals surface area (Å²) in [6.45, 7) is 0. The van der Waals surface area contributed by atoms with Crippen molar-refractivity contribution in [1.29, 1.82) is 0 Å². The van der Waals surface area contributed by atoms with Crippen LogP contribution in [-0.2, 0) is 0 Å². The molecule has 0 bridgehead atoms. The lowest BCUT2D eigenvalue weighted by atomic mass is 10.0. The number of H-pyrrole nitrogens is 2. The number of hydrogen-bond acceptors (Lipinski definition) is 5. The quantitative estimate of drug-likeness (QED) is 0.460. The van der Waals surface area contributed by atoms with E-state index in [1.165, 1.54) is 0 Å². The highest BCUT2D eigenvalue weighted by atomic mass is 15.1. The van der Waals surface area contributed by atoms with E-state index in [0.29, 0.717) is 11.5 Å². The number of hydrogen-bond donors (Lipinski definition) is 2. The first-order valence-corrected chi connectivity index (χ1v) is 9.52. The van der Waals surface area contributed by atoms with Gasteiger partial charge in [-0.2, -0.15) is 5.10 Å². The van der Waals surface area contributed by atoms with Crippen molar-refractivity contribution in [2.24, 2.45) is 0 Å². The Bertz CT molecular complexity index is 1480. The third-order valence-electron chi connectivity index (χ3n) is 5.11. The molecule has 7 heteroatoms. The first kappa shape index (κ1) is 16.6. The van der Waals surface area contributed by atoms with E-state index < -0.39 is 0 Å². The number of nitrogens with zero attached hydrogens (tertiary/aromatic N) is 5. The minimum Gasteiger partial charge on any atom is -0.335 e. The van der Waals surface area contributed by atoms with Crippen molar-refractivity contribution >= 4 is 22.1 Å². The summed E-state index contributed by atoms with van der Waals surface area (Å²) in [5, 5.41) is 8.60. The van der Waals surface area contributed by atoms with Gasteiger partial charge in [0.1, 0.15) is 5.69 Å². The number of benzene rings is 1. The Labute approximate surface area is 170 Å². The lowest BCUT2D eigenvalue weighted by Crippen LogP contribution is -1.85. The van der Waals surface area contributed by atoms with Gasteiger partial charge in [0.2, 0.25) is 0 Å². The molecule has 30 heavy (non-hydrogen) atoms. The first-order valence-electron chi connectivity index (χ1n) is 9.52. The summed E-state index contributed by atoms with van der Waals surface area (Å²) in [5.41, 5.74) is 7.10. The minimum absolute atomic E-state index is 0.632. The van der Waals surface area contributed by atoms with Crippen LogP contribution in [0.3, 0.4) is 0 Å². The van der Waals surface area contributed by atoms with Gasteiger partial charge in [0.05, 0.1) is 16.7 Å². The molecule has 142 valence electrons. The Morgan fingerprint density at radius 3 is 2.67 bits per heavy atom. The van der Waals surface area contributed by atoms with Crippen LogP contribution in [0, 0.1) is 0 Å². The highest BCUT2D eigenvalue weighted by Crippen LogP contribution is 2.31. The maximum absolute atomic E-state index is 4.70. The van der Waals surface area contributed by atoms with Crippen LogP contribution in [-0.4, -0.2) is 35.1 Å². The monoisotopic (exact) mass is 389 g/mol. The zero-order valence-corrected chi connectivity index (χ0v) is 15.7. The van der Waals surface area contributed by atoms with Crippen molar-refractivity contribution in [1.82, 2.24) is 35.1 Å². The number of fused-ring (bicyclic) bond motifs is 2. The fraction of sp³-hybridized carbons (Fsp3) is 0. The Kier molecular flexibility index (Phi) is 3.64. The largest absolute Gasteiger partial charge is 0.335 e. The number of aromatic nitrogens is 7. The molecule has 0 aliphatic heterocycles. The second-order valence-electron chi connectivity index (χ2n) is 6.93. The number of imidazole rings is 1. The Balaban J connectivity index is 1.52. The van der Waals surface area contributed by atoms with Gasteiger partial charge in [-0.1, -0.05) is 18.2 Å². The number of nitrogens with one attached hydrogen (secondary N) is 2. The van der Waals surface area contributed by atoms with E-state index in [1.807, 2.05) is 48.7 Å². The van der Waals surface area contributed by atoms with Crippen LogP contribution >= 0.6 is 0 Å². The third kappa shape index (κ3) is 2.64. The van der Waals surface area contributed by atoms with Crippen molar-refractivity contribution in [2.75, 3.05) is 0 Å². The van der Waals surface area contributed by atoms with E-state index in [9.17, 15) is 0 Å². The molecule has 6 rings (SSSR count). The van der Waals surface area contributed by atoms with Gasteiger partial charge >= 0.3 is 0 Å². The SMILES string of the molecule is c1ccc(-c2ccnc3nc(-c4n[nH]c5ccc(-c6cccnc6)cc45)[nH]c23)nc1. The molecule has 1 aromatic carbocycles. The summed E-state index contributed by atoms with van der Waals surface area (Å²) in [5.74, 6) is 0.662. The summed E-state index contributed by atoms with van der Waals surface area (Å²) >= 11 is 0. The van der Waals surface area contributed by atoms with E-state index in [1.54, 1.807) is 18.6 Å². The fourth-order valence-electron chi connectivity index (χ4n) is 3.67. The maximum Gasteiger partial charge on any atom is 0.178 e. The van der Waals surface area contributed by atoms with E-state index in [2.05, 4.69) is 42.3 Å². The van der Waals surface area contributed by atoms with Gasteiger partial charge in [-0.15, -0.1) is 0 Å². The van der Waals surface area contributed by atoms with Crippen LogP contribution in [0.4, 0.5) is 0 Å². The molecular formula is C23H15N7. The van der Waals surface area contributed by atoms with Gasteiger partial charge < -0.3 is 4.98 Å². The molecule has 6 aromatic rings. The van der Waals surface area contributed by atoms with Gasteiger partial charge in [0.15, 0.2) is 11.5 Å². The van der Waals surface area contributed by atoms with Crippen molar-refractivity contribution < 1.29 is 0 Å². The van der Waals surface area contributed by atoms with Gasteiger partial charge in [-0.05, 0) is 42.0 Å². The molecule has 0 spiro atoms. The second-order valence-corrected chi connectivity index (χ2v) is 6.93. The van der Waals surface area contributed by atoms with Crippen molar-refractivity contribution in [3.8, 4) is 33.9 Å². The molecule has 0 amide bonds. The maximum atomic E-state index is 4.70. The molecule has 0 aliphatic carbocycles. The third-order valence-corrected chi connectivity index (χ3v) is 5.11. The highest BCUT2D eigenvalue weighted by molar-refractivity contribution is 5.97. The lowest BCUT2D eigenvalue weighted by Gasteiger charge is -2.01. The van der Waals surface area contributed by atoms with E-state index in [-0.39, 0.29) is 0 Å². The van der Waals surface area contributed by atoms with Crippen LogP contribution in [0.25, 0.3) is 56.0 Å². The summed E-state index contributed by atoms with van der Waals surface area (Å²) in [4.78, 5) is 21.2. The molecule has 2 N–H and O–H groups in total. The van der Waals surface area contributed by atoms with E-state index in [4.69, 9.17) is 4.98 Å². The molecule has 0 saturated heterocycles. The molecule has 0 atom stereocenters. The van der Waals surface area contributed by atoms with E-state index >= 15 is 0 Å². The summed E-state index contributed by atoms with van der Waals surface area (Å²) in [6, 6.07) is 17.9. The minimum atomic E-state index is 0.632. The number of rotatable bonds is 3. The molecule has 0 fully saturated rings. The molecule has 7 nitrogen and oxygen atoms in total. The van der Waals surface area contributed by atoms with Gasteiger partial charge in [-0.25, -0.2) is 9.97 Å². The predicted octanol–water partition coefficient (Wildman–Crippen LogP) is 4.63. The standard InChI is InChI=1S/C23H15N7/c1-2-10-25-18(5-1)16-8-11-26-22-20(16)27-23(28-22)21-17-12-14(6-7-19(17)29-30-21)15-4-3-9-24-13-15/h1-13H,(H,29,30)(H,26,27,28). The van der Waals surface area contributed by atoms with Gasteiger partial charge in [-0.3, -0.25) is 15.1 Å². The molecule has 0 radical (unpaired) electrons. The molecule has 0 unspecified atom stereocenters. The van der Waals surface area contributed by atoms with Crippen LogP contribution in [0.2, 0.25) is 0 Å². The van der Waals surface area contributed by atoms with Gasteiger partial charge in [0, 0.05) is 41.3 Å². The molecule has 0 saturated carbocycles. The molecular weight excluding hydrogens is 374 g/mol. The Hall–Kier alpha value is -4.39. The average Bonchev–Trinajstić information content (AvgIpc) is 3.43. The molecule has 5 heterocycles. The lowest BCUT2D eigenvalue weighted by molar-refractivity contribution is 1.10. The van der Waals surface area contributed by atoms with Crippen LogP contribution in [0.5, 0.6) is 0 Å². The number of pyridine rings is 3. The summed E-state index contributed by atoms with van der Waals surface area (Å²) < 4.78 is 0. The highest BCUT2D eigenvalue weighted by Gasteiger charge is 2.16. The fourth-order valence-corrected chi connectivity index (χ4v) is 3.67. The van der Waals surface area contributed by atoms with Crippen LogP contribution in [0.15, 0.2) is 79.4 Å². The molecule has 5 aromatic heterocycles. The van der Waals surface area contributed by atoms with Crippen LogP contribution < -0.4 is 0 Å². The van der Waals surface area contributed by atoms with Crippen LogP contribution in [0.1, 0.15) is 0 Å². The van der Waals surface area contributed by atoms with Crippen molar-refractivity contribution in [3.05, 3.63) is 79.4 Å². The topological polar surface area (TPSA) is 96.0 Å². The smallest absolute Gasteiger partial charge is 0.178 e. The average molecular weight is 389 g/mol. The van der Waals surface area contributed by atoms with Gasteiger partial charge in [0.25, 0.3) is 0 Å². The Morgan fingerprint density at radius 1 is 0.800 bits per heavy atom. The van der Waals surface area contributed by atoms with Crippen molar-refractivity contribution in [3.63, 3.8) is 0 Å². The first-order chi connectivity index (χ1) is 14.9. The normalized spacial score (nSPS) is 11.3. The Morgan fingerprint density at radius 2 is 1.80 bits per heavy atom. The zero-order valence-electron chi connectivity index (χ0n) is 15.7. The predicted molar refractivity (Wildman–Crippen MR) is 115 cm³/mol. The van der Waals surface area contributed by atoms with E-state index in [0.717, 1.165) is 44.5 Å². The summed E-state index contributed by atoms with van der Waals surface area (Å²) in [7, 11) is 0. The zero-order chi connectivity index (χ0) is 19.9. The second kappa shape index (κ2) is 6.59. The number of aromatic amines is 2.